The normalized spacial score (nSPS) is 14.8. The van der Waals surface area contributed by atoms with Crippen LogP contribution in [0.4, 0.5) is 14.7 Å². The fourth-order valence-corrected chi connectivity index (χ4v) is 3.87. The van der Waals surface area contributed by atoms with Crippen molar-refractivity contribution in [1.82, 2.24) is 15.3 Å². The number of morpholine rings is 1. The molecular weight excluding hydrogens is 440 g/mol. The van der Waals surface area contributed by atoms with Gasteiger partial charge in [0.25, 0.3) is 12.3 Å². The number of amides is 1. The van der Waals surface area contributed by atoms with E-state index in [2.05, 4.69) is 15.3 Å². The maximum absolute atomic E-state index is 13.2. The predicted molar refractivity (Wildman–Crippen MR) is 126 cm³/mol. The number of ether oxygens (including phenoxy) is 1. The minimum atomic E-state index is -2.55. The lowest BCUT2D eigenvalue weighted by molar-refractivity contribution is 0.0934. The first-order valence-corrected chi connectivity index (χ1v) is 11.1. The van der Waals surface area contributed by atoms with Gasteiger partial charge >= 0.3 is 0 Å². The summed E-state index contributed by atoms with van der Waals surface area (Å²) >= 11 is 0. The lowest BCUT2D eigenvalue weighted by Crippen LogP contribution is -2.37. The molecule has 1 aliphatic rings. The molecule has 1 atom stereocenters. The molecule has 3 aromatic rings. The summed E-state index contributed by atoms with van der Waals surface area (Å²) in [5.41, 5.74) is 9.18. The van der Waals surface area contributed by atoms with Gasteiger partial charge in [0.05, 0.1) is 19.3 Å². The summed E-state index contributed by atoms with van der Waals surface area (Å²) in [6, 6.07) is 13.3. The van der Waals surface area contributed by atoms with Gasteiger partial charge in [0, 0.05) is 31.4 Å². The molecule has 1 aliphatic heterocycles. The molecule has 0 aliphatic carbocycles. The van der Waals surface area contributed by atoms with Crippen molar-refractivity contribution in [3.63, 3.8) is 0 Å². The number of hydrogen-bond acceptors (Lipinski definition) is 6. The Morgan fingerprint density at radius 2 is 1.82 bits per heavy atom. The lowest BCUT2D eigenvalue weighted by atomic mass is 9.95. The number of nitrogens with one attached hydrogen (secondary N) is 1. The van der Waals surface area contributed by atoms with Gasteiger partial charge in [-0.25, -0.2) is 18.7 Å². The van der Waals surface area contributed by atoms with E-state index in [1.54, 1.807) is 18.3 Å². The summed E-state index contributed by atoms with van der Waals surface area (Å²) in [6.07, 6.45) is -0.972. The summed E-state index contributed by atoms with van der Waals surface area (Å²) in [4.78, 5) is 23.5. The van der Waals surface area contributed by atoms with Crippen LogP contribution < -0.4 is 16.0 Å². The van der Waals surface area contributed by atoms with Crippen LogP contribution in [0.25, 0.3) is 11.1 Å². The average Bonchev–Trinajstić information content (AvgIpc) is 2.89. The molecule has 0 bridgehead atoms. The van der Waals surface area contributed by atoms with Gasteiger partial charge in [-0.1, -0.05) is 36.4 Å². The summed E-state index contributed by atoms with van der Waals surface area (Å²) in [7, 11) is 0. The molecule has 7 nitrogen and oxygen atoms in total. The van der Waals surface area contributed by atoms with E-state index in [0.717, 1.165) is 16.7 Å². The van der Waals surface area contributed by atoms with E-state index in [0.29, 0.717) is 37.8 Å². The molecule has 9 heteroatoms. The van der Waals surface area contributed by atoms with Gasteiger partial charge in [-0.3, -0.25) is 4.79 Å². The zero-order chi connectivity index (χ0) is 24.1. The number of carbonyl (C=O) groups excluding carboxylic acids is 1. The number of nitrogens with two attached hydrogens (primary N) is 1. The second kappa shape index (κ2) is 10.7. The Kier molecular flexibility index (Phi) is 7.44. The lowest BCUT2D eigenvalue weighted by Gasteiger charge is -2.26. The molecule has 34 heavy (non-hydrogen) atoms. The first-order valence-electron chi connectivity index (χ1n) is 11.1. The van der Waals surface area contributed by atoms with Crippen LogP contribution >= 0.6 is 0 Å². The van der Waals surface area contributed by atoms with Crippen molar-refractivity contribution in [2.24, 2.45) is 5.73 Å². The van der Waals surface area contributed by atoms with Gasteiger partial charge < -0.3 is 20.7 Å². The number of halogens is 2. The highest BCUT2D eigenvalue weighted by Gasteiger charge is 2.18. The highest BCUT2D eigenvalue weighted by Crippen LogP contribution is 2.30. The van der Waals surface area contributed by atoms with E-state index in [-0.39, 0.29) is 29.8 Å². The molecule has 1 saturated heterocycles. The Balaban J connectivity index is 1.47. The van der Waals surface area contributed by atoms with E-state index in [4.69, 9.17) is 10.5 Å². The quantitative estimate of drug-likeness (QED) is 0.548. The van der Waals surface area contributed by atoms with Crippen LogP contribution in [0.15, 0.2) is 54.7 Å². The summed E-state index contributed by atoms with van der Waals surface area (Å²) in [5, 5.41) is 2.96. The Morgan fingerprint density at radius 3 is 2.50 bits per heavy atom. The number of hydrogen-bond donors (Lipinski definition) is 2. The average molecular weight is 468 g/mol. The topological polar surface area (TPSA) is 93.4 Å². The standard InChI is InChI=1S/C25H27F2N5O2/c1-16(30-24(33)22-8-9-29-25(31-22)32-10-12-34-13-11-32)17-2-4-18(5-3-17)21-14-19(23(26)27)6-7-20(21)15-28/h2-9,14,16,23H,10-13,15,28H2,1H3,(H,30,33)/t16-/m1/s1. The molecule has 1 fully saturated rings. The molecule has 178 valence electrons. The smallest absolute Gasteiger partial charge is 0.270 e. The number of benzene rings is 2. The van der Waals surface area contributed by atoms with Gasteiger partial charge in [0.2, 0.25) is 5.95 Å². The molecule has 3 N–H and O–H groups in total. The molecule has 0 unspecified atom stereocenters. The van der Waals surface area contributed by atoms with Crippen LogP contribution in [-0.4, -0.2) is 42.2 Å². The number of nitrogens with zero attached hydrogens (tertiary/aromatic N) is 3. The maximum Gasteiger partial charge on any atom is 0.270 e. The second-order valence-electron chi connectivity index (χ2n) is 8.08. The Bertz CT molecular complexity index is 1130. The third kappa shape index (κ3) is 5.37. The van der Waals surface area contributed by atoms with Crippen LogP contribution in [0, 0.1) is 0 Å². The second-order valence-corrected chi connectivity index (χ2v) is 8.08. The predicted octanol–water partition coefficient (Wildman–Crippen LogP) is 3.87. The Morgan fingerprint density at radius 1 is 1.12 bits per heavy atom. The van der Waals surface area contributed by atoms with E-state index in [1.165, 1.54) is 12.1 Å². The summed E-state index contributed by atoms with van der Waals surface area (Å²) < 4.78 is 31.7. The minimum Gasteiger partial charge on any atom is -0.378 e. The highest BCUT2D eigenvalue weighted by molar-refractivity contribution is 5.92. The summed E-state index contributed by atoms with van der Waals surface area (Å²) in [6.45, 7) is 4.69. The highest BCUT2D eigenvalue weighted by atomic mass is 19.3. The monoisotopic (exact) mass is 467 g/mol. The molecule has 1 amide bonds. The fraction of sp³-hybridized carbons (Fsp3) is 0.320. The van der Waals surface area contributed by atoms with Crippen molar-refractivity contribution < 1.29 is 18.3 Å². The number of carbonyl (C=O) groups is 1. The zero-order valence-electron chi connectivity index (χ0n) is 18.9. The van der Waals surface area contributed by atoms with Gasteiger partial charge in [0.1, 0.15) is 5.69 Å². The summed E-state index contributed by atoms with van der Waals surface area (Å²) in [5.74, 6) is 0.207. The van der Waals surface area contributed by atoms with Crippen LogP contribution in [0.2, 0.25) is 0 Å². The van der Waals surface area contributed by atoms with Gasteiger partial charge in [0.15, 0.2) is 0 Å². The SMILES string of the molecule is C[C@@H](NC(=O)c1ccnc(N2CCOCC2)n1)c1ccc(-c2cc(C(F)F)ccc2CN)cc1. The van der Waals surface area contributed by atoms with E-state index >= 15 is 0 Å². The molecule has 2 heterocycles. The van der Waals surface area contributed by atoms with Crippen molar-refractivity contribution in [3.8, 4) is 11.1 Å². The molecule has 0 radical (unpaired) electrons. The van der Waals surface area contributed by atoms with Crippen molar-refractivity contribution in [3.05, 3.63) is 77.1 Å². The van der Waals surface area contributed by atoms with E-state index in [9.17, 15) is 13.6 Å². The van der Waals surface area contributed by atoms with Gasteiger partial charge in [-0.15, -0.1) is 0 Å². The first-order chi connectivity index (χ1) is 16.5. The van der Waals surface area contributed by atoms with E-state index < -0.39 is 6.43 Å². The molecule has 2 aromatic carbocycles. The molecular formula is C25H27F2N5O2. The number of rotatable bonds is 7. The maximum atomic E-state index is 13.2. The minimum absolute atomic E-state index is 0.0433. The number of alkyl halides is 2. The van der Waals surface area contributed by atoms with Crippen molar-refractivity contribution in [1.29, 1.82) is 0 Å². The third-order valence-corrected chi connectivity index (χ3v) is 5.84. The largest absolute Gasteiger partial charge is 0.378 e. The van der Waals surface area contributed by atoms with E-state index in [1.807, 2.05) is 36.1 Å². The first kappa shape index (κ1) is 23.7. The van der Waals surface area contributed by atoms with Crippen molar-refractivity contribution in [2.45, 2.75) is 25.9 Å². The van der Waals surface area contributed by atoms with Crippen LogP contribution in [0.5, 0.6) is 0 Å². The molecule has 0 spiro atoms. The van der Waals surface area contributed by atoms with Crippen molar-refractivity contribution >= 4 is 11.9 Å². The number of anilines is 1. The van der Waals surface area contributed by atoms with Crippen LogP contribution in [0.3, 0.4) is 0 Å². The number of aromatic nitrogens is 2. The molecule has 0 saturated carbocycles. The zero-order valence-corrected chi connectivity index (χ0v) is 18.9. The Labute approximate surface area is 197 Å². The Hall–Kier alpha value is -3.43. The fourth-order valence-electron chi connectivity index (χ4n) is 3.87. The van der Waals surface area contributed by atoms with Crippen LogP contribution in [0.1, 0.15) is 46.6 Å². The molecule has 4 rings (SSSR count). The van der Waals surface area contributed by atoms with Gasteiger partial charge in [-0.2, -0.15) is 0 Å². The third-order valence-electron chi connectivity index (χ3n) is 5.84. The van der Waals surface area contributed by atoms with Crippen molar-refractivity contribution in [2.75, 3.05) is 31.2 Å². The van der Waals surface area contributed by atoms with Crippen LogP contribution in [-0.2, 0) is 11.3 Å². The van der Waals surface area contributed by atoms with Gasteiger partial charge in [-0.05, 0) is 41.3 Å². The molecule has 1 aromatic heterocycles.